The van der Waals surface area contributed by atoms with Crippen molar-refractivity contribution in [1.29, 1.82) is 0 Å². The van der Waals surface area contributed by atoms with Crippen LogP contribution in [0.15, 0.2) is 48.5 Å². The Morgan fingerprint density at radius 3 is 1.95 bits per heavy atom. The molecule has 0 spiro atoms. The molecule has 2 aromatic rings. The van der Waals surface area contributed by atoms with Gasteiger partial charge in [0.05, 0.1) is 7.11 Å². The van der Waals surface area contributed by atoms with E-state index in [-0.39, 0.29) is 11.3 Å². The van der Waals surface area contributed by atoms with Gasteiger partial charge < -0.3 is 14.6 Å². The number of hydrogen-bond donors (Lipinski definition) is 1. The average Bonchev–Trinajstić information content (AvgIpc) is 2.46. The predicted octanol–water partition coefficient (Wildman–Crippen LogP) is 3.38. The van der Waals surface area contributed by atoms with Gasteiger partial charge in [-0.3, -0.25) is 0 Å². The Hall–Kier alpha value is -2.14. The van der Waals surface area contributed by atoms with E-state index >= 15 is 0 Å². The van der Waals surface area contributed by atoms with Gasteiger partial charge in [0.2, 0.25) is 0 Å². The summed E-state index contributed by atoms with van der Waals surface area (Å²) in [5, 5.41) is 10.4. The van der Waals surface area contributed by atoms with E-state index < -0.39 is 12.7 Å². The minimum atomic E-state index is -2.94. The maximum atomic E-state index is 12.4. The molecule has 3 nitrogen and oxygen atoms in total. The zero-order valence-corrected chi connectivity index (χ0v) is 10.8. The Kier molecular flexibility index (Phi) is 4.53. The SMILES string of the molecule is COc1ccccc1C(O)c1ccccc1OC(F)F. The van der Waals surface area contributed by atoms with E-state index in [0.717, 1.165) is 0 Å². The maximum Gasteiger partial charge on any atom is 0.387 e. The molecule has 20 heavy (non-hydrogen) atoms. The third kappa shape index (κ3) is 3.05. The standard InChI is InChI=1S/C15H14F2O3/c1-19-12-8-4-2-6-10(12)14(18)11-7-3-5-9-13(11)20-15(16)17/h2-9,14-15,18H,1H3. The molecule has 0 saturated carbocycles. The van der Waals surface area contributed by atoms with E-state index in [1.165, 1.54) is 19.2 Å². The number of alkyl halides is 2. The number of ether oxygens (including phenoxy) is 2. The first-order valence-corrected chi connectivity index (χ1v) is 5.98. The fourth-order valence-corrected chi connectivity index (χ4v) is 1.97. The van der Waals surface area contributed by atoms with Crippen molar-refractivity contribution in [1.82, 2.24) is 0 Å². The Morgan fingerprint density at radius 2 is 1.40 bits per heavy atom. The van der Waals surface area contributed by atoms with Gasteiger partial charge in [-0.1, -0.05) is 36.4 Å². The summed E-state index contributed by atoms with van der Waals surface area (Å²) in [4.78, 5) is 0. The zero-order chi connectivity index (χ0) is 14.5. The monoisotopic (exact) mass is 280 g/mol. The Bertz CT molecular complexity index is 573. The van der Waals surface area contributed by atoms with Gasteiger partial charge in [0.1, 0.15) is 17.6 Å². The van der Waals surface area contributed by atoms with Gasteiger partial charge in [0, 0.05) is 11.1 Å². The highest BCUT2D eigenvalue weighted by molar-refractivity contribution is 5.45. The lowest BCUT2D eigenvalue weighted by molar-refractivity contribution is -0.0512. The Morgan fingerprint density at radius 1 is 0.900 bits per heavy atom. The number of rotatable bonds is 5. The van der Waals surface area contributed by atoms with Crippen LogP contribution in [0.5, 0.6) is 11.5 Å². The van der Waals surface area contributed by atoms with E-state index in [2.05, 4.69) is 4.74 Å². The molecule has 0 heterocycles. The lowest BCUT2D eigenvalue weighted by Gasteiger charge is -2.18. The van der Waals surface area contributed by atoms with Crippen LogP contribution in [0.2, 0.25) is 0 Å². The van der Waals surface area contributed by atoms with Crippen LogP contribution >= 0.6 is 0 Å². The van der Waals surface area contributed by atoms with Crippen molar-refractivity contribution in [2.75, 3.05) is 7.11 Å². The maximum absolute atomic E-state index is 12.4. The summed E-state index contributed by atoms with van der Waals surface area (Å²) in [5.74, 6) is 0.424. The Labute approximate surface area is 115 Å². The van der Waals surface area contributed by atoms with Gasteiger partial charge >= 0.3 is 6.61 Å². The second kappa shape index (κ2) is 6.34. The van der Waals surface area contributed by atoms with E-state index in [0.29, 0.717) is 11.3 Å². The van der Waals surface area contributed by atoms with Crippen LogP contribution in [-0.4, -0.2) is 18.8 Å². The summed E-state index contributed by atoms with van der Waals surface area (Å²) in [7, 11) is 1.48. The quantitative estimate of drug-likeness (QED) is 0.912. The van der Waals surface area contributed by atoms with E-state index in [1.54, 1.807) is 36.4 Å². The third-order valence-corrected chi connectivity index (χ3v) is 2.86. The molecule has 0 saturated heterocycles. The van der Waals surface area contributed by atoms with Crippen molar-refractivity contribution >= 4 is 0 Å². The summed E-state index contributed by atoms with van der Waals surface area (Å²) in [5.41, 5.74) is 0.748. The average molecular weight is 280 g/mol. The van der Waals surface area contributed by atoms with Crippen LogP contribution in [0, 0.1) is 0 Å². The second-order valence-corrected chi connectivity index (χ2v) is 4.06. The molecule has 1 atom stereocenters. The smallest absolute Gasteiger partial charge is 0.387 e. The van der Waals surface area contributed by atoms with Gasteiger partial charge in [-0.15, -0.1) is 0 Å². The number of halogens is 2. The number of benzene rings is 2. The highest BCUT2D eigenvalue weighted by Crippen LogP contribution is 2.34. The van der Waals surface area contributed by atoms with Gasteiger partial charge in [0.15, 0.2) is 0 Å². The van der Waals surface area contributed by atoms with Crippen molar-refractivity contribution in [3.63, 3.8) is 0 Å². The molecule has 0 bridgehead atoms. The summed E-state index contributed by atoms with van der Waals surface area (Å²) in [6.07, 6.45) is -1.11. The molecular formula is C15H14F2O3. The summed E-state index contributed by atoms with van der Waals surface area (Å²) < 4.78 is 34.4. The summed E-state index contributed by atoms with van der Waals surface area (Å²) >= 11 is 0. The lowest BCUT2D eigenvalue weighted by atomic mass is 10.00. The van der Waals surface area contributed by atoms with Crippen LogP contribution in [0.25, 0.3) is 0 Å². The number of methoxy groups -OCH3 is 1. The van der Waals surface area contributed by atoms with Crippen LogP contribution in [0.3, 0.4) is 0 Å². The molecule has 0 aromatic heterocycles. The lowest BCUT2D eigenvalue weighted by Crippen LogP contribution is -2.08. The predicted molar refractivity (Wildman–Crippen MR) is 70.1 cm³/mol. The highest BCUT2D eigenvalue weighted by atomic mass is 19.3. The molecule has 1 unspecified atom stereocenters. The molecule has 2 rings (SSSR count). The van der Waals surface area contributed by atoms with E-state index in [4.69, 9.17) is 4.74 Å². The fraction of sp³-hybridized carbons (Fsp3) is 0.200. The van der Waals surface area contributed by atoms with Gasteiger partial charge in [-0.2, -0.15) is 8.78 Å². The number of hydrogen-bond acceptors (Lipinski definition) is 3. The molecule has 0 amide bonds. The first-order valence-electron chi connectivity index (χ1n) is 5.98. The van der Waals surface area contributed by atoms with Gasteiger partial charge in [-0.05, 0) is 12.1 Å². The first kappa shape index (κ1) is 14.3. The molecule has 1 N–H and O–H groups in total. The topological polar surface area (TPSA) is 38.7 Å². The fourth-order valence-electron chi connectivity index (χ4n) is 1.97. The van der Waals surface area contributed by atoms with Crippen molar-refractivity contribution in [2.45, 2.75) is 12.7 Å². The van der Waals surface area contributed by atoms with Crippen LogP contribution in [0.4, 0.5) is 8.78 Å². The minimum Gasteiger partial charge on any atom is -0.496 e. The van der Waals surface area contributed by atoms with Crippen molar-refractivity contribution in [3.8, 4) is 11.5 Å². The van der Waals surface area contributed by atoms with Gasteiger partial charge in [0.25, 0.3) is 0 Å². The summed E-state index contributed by atoms with van der Waals surface area (Å²) in [6.45, 7) is -2.94. The molecule has 0 aliphatic rings. The van der Waals surface area contributed by atoms with Crippen LogP contribution in [0.1, 0.15) is 17.2 Å². The van der Waals surface area contributed by atoms with Crippen molar-refractivity contribution in [2.24, 2.45) is 0 Å². The molecule has 0 radical (unpaired) electrons. The normalized spacial score (nSPS) is 12.2. The first-order chi connectivity index (χ1) is 9.63. The molecule has 0 aliphatic heterocycles. The third-order valence-electron chi connectivity index (χ3n) is 2.86. The van der Waals surface area contributed by atoms with Gasteiger partial charge in [-0.25, -0.2) is 0 Å². The molecule has 106 valence electrons. The second-order valence-electron chi connectivity index (χ2n) is 4.06. The number of aliphatic hydroxyl groups excluding tert-OH is 1. The molecule has 5 heteroatoms. The van der Waals surface area contributed by atoms with Crippen LogP contribution in [-0.2, 0) is 0 Å². The number of para-hydroxylation sites is 2. The van der Waals surface area contributed by atoms with Crippen molar-refractivity contribution < 1.29 is 23.4 Å². The molecular weight excluding hydrogens is 266 g/mol. The largest absolute Gasteiger partial charge is 0.496 e. The number of aliphatic hydroxyl groups is 1. The van der Waals surface area contributed by atoms with Crippen molar-refractivity contribution in [3.05, 3.63) is 59.7 Å². The van der Waals surface area contributed by atoms with E-state index in [1.807, 2.05) is 0 Å². The molecule has 0 fully saturated rings. The molecule has 2 aromatic carbocycles. The highest BCUT2D eigenvalue weighted by Gasteiger charge is 2.20. The minimum absolute atomic E-state index is 0.0547. The zero-order valence-electron chi connectivity index (χ0n) is 10.8. The summed E-state index contributed by atoms with van der Waals surface area (Å²) in [6, 6.07) is 13.0. The van der Waals surface area contributed by atoms with E-state index in [9.17, 15) is 13.9 Å². The Balaban J connectivity index is 2.40. The van der Waals surface area contributed by atoms with Crippen LogP contribution < -0.4 is 9.47 Å². The molecule has 0 aliphatic carbocycles.